The number of hydrogen-bond donors (Lipinski definition) is 1. The fourth-order valence-corrected chi connectivity index (χ4v) is 2.87. The van der Waals surface area contributed by atoms with Crippen molar-refractivity contribution < 1.29 is 19.4 Å². The Kier molecular flexibility index (Phi) is 4.22. The molecule has 2 heterocycles. The fourth-order valence-electron chi connectivity index (χ4n) is 2.87. The Morgan fingerprint density at radius 2 is 2.11 bits per heavy atom. The molecule has 5 nitrogen and oxygen atoms in total. The summed E-state index contributed by atoms with van der Waals surface area (Å²) in [5, 5.41) is 8.81. The molecule has 2 aliphatic rings. The zero-order valence-corrected chi connectivity index (χ0v) is 10.8. The molecule has 3 atom stereocenters. The molecule has 0 aliphatic carbocycles. The first kappa shape index (κ1) is 13.3. The number of likely N-dealkylation sites (tertiary alicyclic amines) is 1. The van der Waals surface area contributed by atoms with E-state index in [4.69, 9.17) is 9.84 Å². The van der Waals surface area contributed by atoms with Crippen molar-refractivity contribution in [2.24, 2.45) is 5.92 Å². The Morgan fingerprint density at radius 3 is 2.72 bits per heavy atom. The van der Waals surface area contributed by atoms with Crippen molar-refractivity contribution in [3.8, 4) is 0 Å². The molecule has 0 radical (unpaired) electrons. The first-order chi connectivity index (χ1) is 8.56. The van der Waals surface area contributed by atoms with Gasteiger partial charge in [0.1, 0.15) is 6.10 Å². The second kappa shape index (κ2) is 5.69. The fraction of sp³-hybridized carbons (Fsp3) is 0.846. The third kappa shape index (κ3) is 3.22. The smallest absolute Gasteiger partial charge is 0.303 e. The number of piperidine rings is 1. The molecule has 2 rings (SSSR count). The third-order valence-corrected chi connectivity index (χ3v) is 3.80. The zero-order valence-electron chi connectivity index (χ0n) is 10.8. The summed E-state index contributed by atoms with van der Waals surface area (Å²) in [7, 11) is 0. The summed E-state index contributed by atoms with van der Waals surface area (Å²) in [5.74, 6) is -0.631. The number of amides is 1. The molecule has 0 spiro atoms. The van der Waals surface area contributed by atoms with Gasteiger partial charge in [-0.05, 0) is 38.5 Å². The molecular formula is C13H21NO4. The van der Waals surface area contributed by atoms with Crippen LogP contribution in [0.1, 0.15) is 39.0 Å². The number of ether oxygens (including phenoxy) is 1. The highest BCUT2D eigenvalue weighted by molar-refractivity contribution is 5.81. The van der Waals surface area contributed by atoms with Crippen LogP contribution in [0.25, 0.3) is 0 Å². The maximum absolute atomic E-state index is 12.2. The van der Waals surface area contributed by atoms with Gasteiger partial charge in [-0.1, -0.05) is 0 Å². The highest BCUT2D eigenvalue weighted by Crippen LogP contribution is 2.25. The van der Waals surface area contributed by atoms with Gasteiger partial charge in [0.25, 0.3) is 5.91 Å². The summed E-state index contributed by atoms with van der Waals surface area (Å²) >= 11 is 0. The van der Waals surface area contributed by atoms with E-state index in [9.17, 15) is 9.59 Å². The van der Waals surface area contributed by atoms with Crippen LogP contribution in [0.5, 0.6) is 0 Å². The topological polar surface area (TPSA) is 66.8 Å². The molecule has 0 aromatic rings. The summed E-state index contributed by atoms with van der Waals surface area (Å²) in [6.45, 7) is 3.29. The molecule has 18 heavy (non-hydrogen) atoms. The summed E-state index contributed by atoms with van der Waals surface area (Å²) in [5.41, 5.74) is 0. The average molecular weight is 255 g/mol. The van der Waals surface area contributed by atoms with Crippen LogP contribution in [-0.2, 0) is 14.3 Å². The quantitative estimate of drug-likeness (QED) is 0.824. The van der Waals surface area contributed by atoms with Crippen LogP contribution in [0.4, 0.5) is 0 Å². The minimum atomic E-state index is -0.778. The SMILES string of the molecule is CC1CCC(C(=O)N2CCCC(CC(=O)O)C2)O1. The van der Waals surface area contributed by atoms with Crippen molar-refractivity contribution in [3.63, 3.8) is 0 Å². The Labute approximate surface area is 107 Å². The Bertz CT molecular complexity index is 331. The van der Waals surface area contributed by atoms with Gasteiger partial charge >= 0.3 is 5.97 Å². The highest BCUT2D eigenvalue weighted by Gasteiger charge is 2.34. The number of carbonyl (C=O) groups excluding carboxylic acids is 1. The van der Waals surface area contributed by atoms with Crippen LogP contribution in [0, 0.1) is 5.92 Å². The lowest BCUT2D eigenvalue weighted by Crippen LogP contribution is -2.45. The molecule has 5 heteroatoms. The van der Waals surface area contributed by atoms with E-state index in [1.54, 1.807) is 4.90 Å². The summed E-state index contributed by atoms with van der Waals surface area (Å²) in [4.78, 5) is 24.7. The summed E-state index contributed by atoms with van der Waals surface area (Å²) in [6.07, 6.45) is 3.54. The van der Waals surface area contributed by atoms with E-state index in [2.05, 4.69) is 0 Å². The van der Waals surface area contributed by atoms with Crippen molar-refractivity contribution in [1.82, 2.24) is 4.90 Å². The van der Waals surface area contributed by atoms with Crippen molar-refractivity contribution in [2.45, 2.75) is 51.2 Å². The molecule has 2 fully saturated rings. The van der Waals surface area contributed by atoms with E-state index >= 15 is 0 Å². The van der Waals surface area contributed by atoms with Gasteiger partial charge < -0.3 is 14.7 Å². The van der Waals surface area contributed by atoms with Crippen LogP contribution in [0.2, 0.25) is 0 Å². The highest BCUT2D eigenvalue weighted by atomic mass is 16.5. The number of rotatable bonds is 3. The van der Waals surface area contributed by atoms with E-state index in [0.717, 1.165) is 32.2 Å². The number of aliphatic carboxylic acids is 1. The number of nitrogens with zero attached hydrogens (tertiary/aromatic N) is 1. The van der Waals surface area contributed by atoms with Gasteiger partial charge in [-0.3, -0.25) is 9.59 Å². The van der Waals surface area contributed by atoms with Crippen molar-refractivity contribution >= 4 is 11.9 Å². The van der Waals surface area contributed by atoms with E-state index in [-0.39, 0.29) is 30.5 Å². The molecule has 0 bridgehead atoms. The van der Waals surface area contributed by atoms with E-state index < -0.39 is 5.97 Å². The number of hydrogen-bond acceptors (Lipinski definition) is 3. The number of carboxylic acids is 1. The molecule has 0 saturated carbocycles. The van der Waals surface area contributed by atoms with Gasteiger partial charge in [0.15, 0.2) is 0 Å². The van der Waals surface area contributed by atoms with E-state index in [1.165, 1.54) is 0 Å². The predicted octanol–water partition coefficient (Wildman–Crippen LogP) is 1.27. The van der Waals surface area contributed by atoms with Crippen LogP contribution >= 0.6 is 0 Å². The molecule has 0 aromatic heterocycles. The van der Waals surface area contributed by atoms with Gasteiger partial charge in [-0.25, -0.2) is 0 Å². The second-order valence-corrected chi connectivity index (χ2v) is 5.40. The van der Waals surface area contributed by atoms with Gasteiger partial charge in [0.05, 0.1) is 6.10 Å². The Balaban J connectivity index is 1.88. The standard InChI is InChI=1S/C13H21NO4/c1-9-4-5-11(18-9)13(17)14-6-2-3-10(8-14)7-12(15)16/h9-11H,2-8H2,1H3,(H,15,16). The van der Waals surface area contributed by atoms with Crippen LogP contribution in [0.15, 0.2) is 0 Å². The molecular weight excluding hydrogens is 234 g/mol. The van der Waals surface area contributed by atoms with E-state index in [1.807, 2.05) is 6.92 Å². The maximum Gasteiger partial charge on any atom is 0.303 e. The monoisotopic (exact) mass is 255 g/mol. The molecule has 2 aliphatic heterocycles. The maximum atomic E-state index is 12.2. The summed E-state index contributed by atoms with van der Waals surface area (Å²) < 4.78 is 5.59. The minimum absolute atomic E-state index is 0.0504. The van der Waals surface area contributed by atoms with Crippen molar-refractivity contribution in [1.29, 1.82) is 0 Å². The average Bonchev–Trinajstić information content (AvgIpc) is 2.74. The Morgan fingerprint density at radius 1 is 1.33 bits per heavy atom. The molecule has 102 valence electrons. The molecule has 1 amide bonds. The lowest BCUT2D eigenvalue weighted by molar-refractivity contribution is -0.146. The number of carboxylic acid groups (broad SMARTS) is 1. The molecule has 3 unspecified atom stereocenters. The zero-order chi connectivity index (χ0) is 13.1. The lowest BCUT2D eigenvalue weighted by atomic mass is 9.94. The van der Waals surface area contributed by atoms with Gasteiger partial charge in [0, 0.05) is 19.5 Å². The number of carbonyl (C=O) groups is 2. The van der Waals surface area contributed by atoms with Crippen LogP contribution in [-0.4, -0.2) is 47.2 Å². The first-order valence-corrected chi connectivity index (χ1v) is 6.72. The van der Waals surface area contributed by atoms with Gasteiger partial charge in [-0.2, -0.15) is 0 Å². The Hall–Kier alpha value is -1.10. The summed E-state index contributed by atoms with van der Waals surface area (Å²) in [6, 6.07) is 0. The third-order valence-electron chi connectivity index (χ3n) is 3.80. The van der Waals surface area contributed by atoms with Gasteiger partial charge in [0.2, 0.25) is 0 Å². The second-order valence-electron chi connectivity index (χ2n) is 5.40. The predicted molar refractivity (Wildman–Crippen MR) is 65.1 cm³/mol. The largest absolute Gasteiger partial charge is 0.481 e. The normalized spacial score (nSPS) is 32.5. The molecule has 2 saturated heterocycles. The van der Waals surface area contributed by atoms with Crippen molar-refractivity contribution in [3.05, 3.63) is 0 Å². The van der Waals surface area contributed by atoms with Crippen LogP contribution < -0.4 is 0 Å². The van der Waals surface area contributed by atoms with E-state index in [0.29, 0.717) is 6.54 Å². The minimum Gasteiger partial charge on any atom is -0.481 e. The first-order valence-electron chi connectivity index (χ1n) is 6.72. The lowest BCUT2D eigenvalue weighted by Gasteiger charge is -2.33. The molecule has 1 N–H and O–H groups in total. The van der Waals surface area contributed by atoms with Crippen molar-refractivity contribution in [2.75, 3.05) is 13.1 Å². The molecule has 0 aromatic carbocycles. The van der Waals surface area contributed by atoms with Gasteiger partial charge in [-0.15, -0.1) is 0 Å². The van der Waals surface area contributed by atoms with Crippen LogP contribution in [0.3, 0.4) is 0 Å².